The van der Waals surface area contributed by atoms with Crippen LogP contribution in [0.5, 0.6) is 0 Å². The van der Waals surface area contributed by atoms with E-state index in [0.29, 0.717) is 24.7 Å². The summed E-state index contributed by atoms with van der Waals surface area (Å²) in [5.41, 5.74) is 1.88. The van der Waals surface area contributed by atoms with Crippen LogP contribution < -0.4 is 5.32 Å². The Labute approximate surface area is 145 Å². The number of hydrogen-bond donors (Lipinski definition) is 1. The summed E-state index contributed by atoms with van der Waals surface area (Å²) in [6.45, 7) is 1.30. The first-order chi connectivity index (χ1) is 11.6. The van der Waals surface area contributed by atoms with Crippen molar-refractivity contribution in [3.8, 4) is 0 Å². The molecule has 2 heterocycles. The molecule has 124 valence electrons. The van der Waals surface area contributed by atoms with Gasteiger partial charge in [-0.05, 0) is 29.3 Å². The zero-order valence-corrected chi connectivity index (χ0v) is 13.9. The molecule has 24 heavy (non-hydrogen) atoms. The zero-order chi connectivity index (χ0) is 16.9. The Morgan fingerprint density at radius 2 is 2.00 bits per heavy atom. The highest BCUT2D eigenvalue weighted by molar-refractivity contribution is 6.31. The van der Waals surface area contributed by atoms with Crippen molar-refractivity contribution >= 4 is 23.4 Å². The van der Waals surface area contributed by atoms with Crippen LogP contribution in [0.15, 0.2) is 48.8 Å². The minimum Gasteiger partial charge on any atom is -0.352 e. The number of carbonyl (C=O) groups is 2. The SMILES string of the molecule is O=C(NCc1ccncc1)C1CC(=O)N(Cc2ccccc2Cl)C1. The molecule has 1 N–H and O–H groups in total. The largest absolute Gasteiger partial charge is 0.352 e. The van der Waals surface area contributed by atoms with E-state index >= 15 is 0 Å². The quantitative estimate of drug-likeness (QED) is 0.906. The molecule has 1 fully saturated rings. The first kappa shape index (κ1) is 16.5. The van der Waals surface area contributed by atoms with Crippen LogP contribution in [0.25, 0.3) is 0 Å². The van der Waals surface area contributed by atoms with Gasteiger partial charge in [-0.3, -0.25) is 14.6 Å². The molecule has 1 unspecified atom stereocenters. The van der Waals surface area contributed by atoms with Gasteiger partial charge in [0.25, 0.3) is 0 Å². The fourth-order valence-corrected chi connectivity index (χ4v) is 2.96. The molecule has 1 aromatic heterocycles. The summed E-state index contributed by atoms with van der Waals surface area (Å²) in [7, 11) is 0. The number of pyridine rings is 1. The molecule has 0 aliphatic carbocycles. The lowest BCUT2D eigenvalue weighted by Gasteiger charge is -2.17. The van der Waals surface area contributed by atoms with Gasteiger partial charge in [0.05, 0.1) is 5.92 Å². The number of halogens is 1. The molecule has 0 saturated carbocycles. The number of amides is 2. The number of carbonyl (C=O) groups excluding carboxylic acids is 2. The van der Waals surface area contributed by atoms with E-state index in [1.807, 2.05) is 30.3 Å². The molecule has 5 nitrogen and oxygen atoms in total. The van der Waals surface area contributed by atoms with Gasteiger partial charge < -0.3 is 10.2 Å². The van der Waals surface area contributed by atoms with E-state index in [0.717, 1.165) is 11.1 Å². The highest BCUT2D eigenvalue weighted by Gasteiger charge is 2.34. The molecular weight excluding hydrogens is 326 g/mol. The van der Waals surface area contributed by atoms with Crippen molar-refractivity contribution < 1.29 is 9.59 Å². The minimum atomic E-state index is -0.318. The van der Waals surface area contributed by atoms with Crippen LogP contribution in [0, 0.1) is 5.92 Å². The fourth-order valence-electron chi connectivity index (χ4n) is 2.77. The molecule has 2 amide bonds. The molecule has 3 rings (SSSR count). The Hall–Kier alpha value is -2.40. The van der Waals surface area contributed by atoms with Crippen molar-refractivity contribution in [2.75, 3.05) is 6.54 Å². The molecule has 0 spiro atoms. The summed E-state index contributed by atoms with van der Waals surface area (Å²) in [6.07, 6.45) is 3.62. The lowest BCUT2D eigenvalue weighted by molar-refractivity contribution is -0.129. The smallest absolute Gasteiger partial charge is 0.225 e. The maximum absolute atomic E-state index is 12.3. The van der Waals surface area contributed by atoms with Gasteiger partial charge in [-0.15, -0.1) is 0 Å². The van der Waals surface area contributed by atoms with Gasteiger partial charge in [0.1, 0.15) is 0 Å². The fraction of sp³-hybridized carbons (Fsp3) is 0.278. The van der Waals surface area contributed by atoms with Crippen molar-refractivity contribution in [2.45, 2.75) is 19.5 Å². The summed E-state index contributed by atoms with van der Waals surface area (Å²) in [6, 6.07) is 11.1. The van der Waals surface area contributed by atoms with Crippen LogP contribution in [0.1, 0.15) is 17.5 Å². The molecule has 6 heteroatoms. The molecule has 0 bridgehead atoms. The standard InChI is InChI=1S/C18H18ClN3O2/c19-16-4-2-1-3-14(16)11-22-12-15(9-17(22)23)18(24)21-10-13-5-7-20-8-6-13/h1-8,15H,9-12H2,(H,21,24). The number of nitrogens with zero attached hydrogens (tertiary/aromatic N) is 2. The van der Waals surface area contributed by atoms with Gasteiger partial charge in [0.15, 0.2) is 0 Å². The lowest BCUT2D eigenvalue weighted by atomic mass is 10.1. The highest BCUT2D eigenvalue weighted by atomic mass is 35.5. The third kappa shape index (κ3) is 3.92. The number of likely N-dealkylation sites (tertiary alicyclic amines) is 1. The van der Waals surface area contributed by atoms with Crippen molar-refractivity contribution in [3.63, 3.8) is 0 Å². The molecule has 1 aliphatic rings. The average Bonchev–Trinajstić information content (AvgIpc) is 2.96. The van der Waals surface area contributed by atoms with E-state index in [4.69, 9.17) is 11.6 Å². The van der Waals surface area contributed by atoms with Crippen LogP contribution in [0.3, 0.4) is 0 Å². The van der Waals surface area contributed by atoms with E-state index in [1.54, 1.807) is 23.4 Å². The predicted molar refractivity (Wildman–Crippen MR) is 91.1 cm³/mol. The zero-order valence-electron chi connectivity index (χ0n) is 13.1. The van der Waals surface area contributed by atoms with E-state index in [2.05, 4.69) is 10.3 Å². The second kappa shape index (κ2) is 7.45. The Balaban J connectivity index is 1.56. The van der Waals surface area contributed by atoms with Gasteiger partial charge in [0.2, 0.25) is 11.8 Å². The molecule has 1 atom stereocenters. The maximum atomic E-state index is 12.3. The molecule has 1 aromatic carbocycles. The summed E-state index contributed by atoms with van der Waals surface area (Å²) in [4.78, 5) is 30.1. The molecule has 1 aliphatic heterocycles. The van der Waals surface area contributed by atoms with E-state index in [1.165, 1.54) is 0 Å². The molecule has 2 aromatic rings. The van der Waals surface area contributed by atoms with Crippen molar-refractivity contribution in [3.05, 3.63) is 64.9 Å². The third-order valence-electron chi connectivity index (χ3n) is 4.12. The molecule has 1 saturated heterocycles. The normalized spacial score (nSPS) is 17.1. The topological polar surface area (TPSA) is 62.3 Å². The first-order valence-electron chi connectivity index (χ1n) is 7.81. The number of rotatable bonds is 5. The lowest BCUT2D eigenvalue weighted by Crippen LogP contribution is -2.32. The van der Waals surface area contributed by atoms with Crippen molar-refractivity contribution in [1.29, 1.82) is 0 Å². The van der Waals surface area contributed by atoms with Crippen LogP contribution in [-0.2, 0) is 22.7 Å². The molecule has 0 radical (unpaired) electrons. The van der Waals surface area contributed by atoms with Crippen LogP contribution >= 0.6 is 11.6 Å². The maximum Gasteiger partial charge on any atom is 0.225 e. The Bertz CT molecular complexity index is 736. The van der Waals surface area contributed by atoms with Crippen molar-refractivity contribution in [2.24, 2.45) is 5.92 Å². The number of nitrogens with one attached hydrogen (secondary N) is 1. The van der Waals surface area contributed by atoms with Crippen LogP contribution in [0.4, 0.5) is 0 Å². The summed E-state index contributed by atoms with van der Waals surface area (Å²) < 4.78 is 0. The summed E-state index contributed by atoms with van der Waals surface area (Å²) in [5, 5.41) is 3.52. The van der Waals surface area contributed by atoms with Crippen molar-refractivity contribution in [1.82, 2.24) is 15.2 Å². The van der Waals surface area contributed by atoms with E-state index < -0.39 is 0 Å². The summed E-state index contributed by atoms with van der Waals surface area (Å²) in [5.74, 6) is -0.428. The summed E-state index contributed by atoms with van der Waals surface area (Å²) >= 11 is 6.14. The third-order valence-corrected chi connectivity index (χ3v) is 4.49. The van der Waals surface area contributed by atoms with Crippen LogP contribution in [0.2, 0.25) is 5.02 Å². The van der Waals surface area contributed by atoms with Crippen LogP contribution in [-0.4, -0.2) is 28.2 Å². The average molecular weight is 344 g/mol. The second-order valence-corrected chi connectivity index (χ2v) is 6.25. The predicted octanol–water partition coefficient (Wildman–Crippen LogP) is 2.40. The number of benzene rings is 1. The highest BCUT2D eigenvalue weighted by Crippen LogP contribution is 2.23. The van der Waals surface area contributed by atoms with Gasteiger partial charge in [-0.1, -0.05) is 29.8 Å². The Morgan fingerprint density at radius 3 is 2.75 bits per heavy atom. The number of aromatic nitrogens is 1. The van der Waals surface area contributed by atoms with E-state index in [9.17, 15) is 9.59 Å². The Kier molecular flexibility index (Phi) is 5.11. The first-order valence-corrected chi connectivity index (χ1v) is 8.19. The monoisotopic (exact) mass is 343 g/mol. The van der Waals surface area contributed by atoms with E-state index in [-0.39, 0.29) is 24.2 Å². The van der Waals surface area contributed by atoms with Gasteiger partial charge in [-0.2, -0.15) is 0 Å². The van der Waals surface area contributed by atoms with Gasteiger partial charge >= 0.3 is 0 Å². The minimum absolute atomic E-state index is 0.0148. The Morgan fingerprint density at radius 1 is 1.25 bits per heavy atom. The number of hydrogen-bond acceptors (Lipinski definition) is 3. The second-order valence-electron chi connectivity index (χ2n) is 5.84. The van der Waals surface area contributed by atoms with Gasteiger partial charge in [0, 0.05) is 43.5 Å². The molecular formula is C18H18ClN3O2. The van der Waals surface area contributed by atoms with Gasteiger partial charge in [-0.25, -0.2) is 0 Å².